The maximum atomic E-state index is 13.4. The first kappa shape index (κ1) is 23.1. The highest BCUT2D eigenvalue weighted by Crippen LogP contribution is 2.35. The molecule has 0 spiro atoms. The van der Waals surface area contributed by atoms with E-state index in [4.69, 9.17) is 9.84 Å². The van der Waals surface area contributed by atoms with Crippen LogP contribution in [0, 0.1) is 0 Å². The summed E-state index contributed by atoms with van der Waals surface area (Å²) in [6.45, 7) is 3.80. The first-order valence-electron chi connectivity index (χ1n) is 10.8. The Morgan fingerprint density at radius 3 is 2.70 bits per heavy atom. The van der Waals surface area contributed by atoms with Gasteiger partial charge in [0.2, 0.25) is 0 Å². The van der Waals surface area contributed by atoms with Gasteiger partial charge in [-0.25, -0.2) is 4.79 Å². The number of morpholine rings is 1. The molecular formula is C25H25F3N2O3. The number of fused-ring (bicyclic) bond motifs is 1. The van der Waals surface area contributed by atoms with Crippen molar-refractivity contribution in [2.75, 3.05) is 31.1 Å². The first-order valence-corrected chi connectivity index (χ1v) is 10.8. The Kier molecular flexibility index (Phi) is 6.58. The quantitative estimate of drug-likeness (QED) is 0.537. The Hall–Kier alpha value is -3.10. The highest BCUT2D eigenvalue weighted by molar-refractivity contribution is 5.90. The normalized spacial score (nSPS) is 17.8. The lowest BCUT2D eigenvalue weighted by Crippen LogP contribution is -2.47. The van der Waals surface area contributed by atoms with E-state index in [1.807, 2.05) is 18.2 Å². The third-order valence-corrected chi connectivity index (χ3v) is 5.98. The van der Waals surface area contributed by atoms with E-state index in [0.29, 0.717) is 31.9 Å². The Labute approximate surface area is 189 Å². The summed E-state index contributed by atoms with van der Waals surface area (Å²) in [5.41, 5.74) is -0.387. The van der Waals surface area contributed by atoms with Gasteiger partial charge in [-0.3, -0.25) is 0 Å². The van der Waals surface area contributed by atoms with Crippen LogP contribution in [0.5, 0.6) is 0 Å². The minimum atomic E-state index is -4.75. The first-order chi connectivity index (χ1) is 15.7. The Morgan fingerprint density at radius 2 is 1.94 bits per heavy atom. The fourth-order valence-corrected chi connectivity index (χ4v) is 4.27. The topological polar surface area (TPSA) is 61.8 Å². The molecule has 1 saturated heterocycles. The summed E-state index contributed by atoms with van der Waals surface area (Å²) in [6.07, 6.45) is -4.96. The lowest BCUT2D eigenvalue weighted by molar-refractivity contribution is -0.138. The Bertz CT molecular complexity index is 1140. The molecule has 0 radical (unpaired) electrons. The molecule has 8 heteroatoms. The minimum Gasteiger partial charge on any atom is -0.478 e. The number of hydrogen-bond acceptors (Lipinski definition) is 4. The number of benzene rings is 3. The number of anilines is 1. The molecule has 174 valence electrons. The van der Waals surface area contributed by atoms with Crippen LogP contribution in [0.4, 0.5) is 18.9 Å². The number of nitrogens with zero attached hydrogens (tertiary/aromatic N) is 1. The van der Waals surface area contributed by atoms with Crippen molar-refractivity contribution in [3.05, 3.63) is 77.4 Å². The van der Waals surface area contributed by atoms with Gasteiger partial charge in [0.1, 0.15) is 0 Å². The number of carbonyl (C=O) groups is 1. The number of alkyl halides is 3. The molecule has 2 atom stereocenters. The van der Waals surface area contributed by atoms with Crippen LogP contribution in [0.15, 0.2) is 60.7 Å². The molecule has 1 aliphatic rings. The fourth-order valence-electron chi connectivity index (χ4n) is 4.27. The molecule has 33 heavy (non-hydrogen) atoms. The lowest BCUT2D eigenvalue weighted by Gasteiger charge is -2.35. The van der Waals surface area contributed by atoms with Gasteiger partial charge in [0.25, 0.3) is 0 Å². The average molecular weight is 458 g/mol. The third-order valence-electron chi connectivity index (χ3n) is 5.98. The van der Waals surface area contributed by atoms with Crippen LogP contribution >= 0.6 is 0 Å². The molecule has 3 aromatic carbocycles. The monoisotopic (exact) mass is 458 g/mol. The number of aromatic carboxylic acids is 1. The molecule has 5 nitrogen and oxygen atoms in total. The van der Waals surface area contributed by atoms with Crippen LogP contribution in [0.25, 0.3) is 10.8 Å². The van der Waals surface area contributed by atoms with Crippen molar-refractivity contribution in [3.8, 4) is 0 Å². The van der Waals surface area contributed by atoms with Crippen LogP contribution in [0.1, 0.15) is 34.5 Å². The second kappa shape index (κ2) is 9.41. The van der Waals surface area contributed by atoms with E-state index in [-0.39, 0.29) is 12.1 Å². The molecule has 0 amide bonds. The number of hydrogen-bond donors (Lipinski definition) is 2. The van der Waals surface area contributed by atoms with Crippen LogP contribution in [-0.4, -0.2) is 43.4 Å². The van der Waals surface area contributed by atoms with Gasteiger partial charge < -0.3 is 20.1 Å². The SMILES string of the molecule is CC(NCC1CN(c2ccc(C(=O)O)c(C(F)(F)F)c2)CCO1)c1cccc2ccccc12. The number of halogens is 3. The van der Waals surface area contributed by atoms with E-state index >= 15 is 0 Å². The van der Waals surface area contributed by atoms with Crippen LogP contribution in [0.3, 0.4) is 0 Å². The summed E-state index contributed by atoms with van der Waals surface area (Å²) in [5.74, 6) is -1.60. The van der Waals surface area contributed by atoms with Crippen molar-refractivity contribution < 1.29 is 27.8 Å². The van der Waals surface area contributed by atoms with Gasteiger partial charge in [-0.05, 0) is 41.5 Å². The van der Waals surface area contributed by atoms with Crippen molar-refractivity contribution in [1.82, 2.24) is 5.32 Å². The summed E-state index contributed by atoms with van der Waals surface area (Å²) in [7, 11) is 0. The average Bonchev–Trinajstić information content (AvgIpc) is 2.81. The molecule has 1 fully saturated rings. The van der Waals surface area contributed by atoms with Crippen LogP contribution in [0.2, 0.25) is 0 Å². The molecule has 2 unspecified atom stereocenters. The van der Waals surface area contributed by atoms with Gasteiger partial charge in [-0.2, -0.15) is 13.2 Å². The molecule has 0 aliphatic carbocycles. The highest BCUT2D eigenvalue weighted by atomic mass is 19.4. The summed E-state index contributed by atoms with van der Waals surface area (Å²) >= 11 is 0. The van der Waals surface area contributed by atoms with Gasteiger partial charge >= 0.3 is 12.1 Å². The molecule has 0 saturated carbocycles. The highest BCUT2D eigenvalue weighted by Gasteiger charge is 2.36. The number of rotatable bonds is 6. The van der Waals surface area contributed by atoms with Gasteiger partial charge in [-0.15, -0.1) is 0 Å². The van der Waals surface area contributed by atoms with E-state index in [0.717, 1.165) is 17.5 Å². The Morgan fingerprint density at radius 1 is 1.18 bits per heavy atom. The smallest absolute Gasteiger partial charge is 0.417 e. The zero-order valence-corrected chi connectivity index (χ0v) is 18.1. The van der Waals surface area contributed by atoms with Crippen molar-refractivity contribution in [1.29, 1.82) is 0 Å². The van der Waals surface area contributed by atoms with Crippen LogP contribution in [-0.2, 0) is 10.9 Å². The standard InChI is InChI=1S/C25H25F3N2O3/c1-16(20-8-4-6-17-5-2-3-7-21(17)20)29-14-19-15-30(11-12-33-19)18-9-10-22(24(31)32)23(13-18)25(26,27)28/h2-10,13,16,19,29H,11-12,14-15H2,1H3,(H,31,32). The number of ether oxygens (including phenoxy) is 1. The molecular weight excluding hydrogens is 433 g/mol. The lowest BCUT2D eigenvalue weighted by atomic mass is 9.99. The van der Waals surface area contributed by atoms with E-state index in [1.165, 1.54) is 17.0 Å². The Balaban J connectivity index is 1.45. The second-order valence-electron chi connectivity index (χ2n) is 8.17. The van der Waals surface area contributed by atoms with Crippen molar-refractivity contribution in [2.45, 2.75) is 25.2 Å². The van der Waals surface area contributed by atoms with Crippen LogP contribution < -0.4 is 10.2 Å². The summed E-state index contributed by atoms with van der Waals surface area (Å²) in [4.78, 5) is 13.0. The molecule has 0 bridgehead atoms. The molecule has 1 aliphatic heterocycles. The molecule has 1 heterocycles. The minimum absolute atomic E-state index is 0.0572. The van der Waals surface area contributed by atoms with Gasteiger partial charge in [0.05, 0.1) is 23.8 Å². The van der Waals surface area contributed by atoms with E-state index in [1.54, 1.807) is 4.90 Å². The maximum absolute atomic E-state index is 13.4. The number of carboxylic acid groups (broad SMARTS) is 1. The fraction of sp³-hybridized carbons (Fsp3) is 0.320. The molecule has 4 rings (SSSR count). The van der Waals surface area contributed by atoms with Crippen molar-refractivity contribution in [3.63, 3.8) is 0 Å². The zero-order valence-electron chi connectivity index (χ0n) is 18.1. The van der Waals surface area contributed by atoms with Crippen molar-refractivity contribution >= 4 is 22.4 Å². The third kappa shape index (κ3) is 5.12. The van der Waals surface area contributed by atoms with E-state index < -0.39 is 23.3 Å². The van der Waals surface area contributed by atoms with E-state index in [9.17, 15) is 18.0 Å². The zero-order chi connectivity index (χ0) is 23.6. The molecule has 0 aromatic heterocycles. The largest absolute Gasteiger partial charge is 0.478 e. The van der Waals surface area contributed by atoms with E-state index in [2.05, 4.69) is 36.5 Å². The predicted octanol–water partition coefficient (Wildman–Crippen LogP) is 5.11. The summed E-state index contributed by atoms with van der Waals surface area (Å²) in [5, 5.41) is 14.9. The summed E-state index contributed by atoms with van der Waals surface area (Å²) < 4.78 is 46.0. The van der Waals surface area contributed by atoms with Gasteiger partial charge in [-0.1, -0.05) is 42.5 Å². The number of carboxylic acids is 1. The summed E-state index contributed by atoms with van der Waals surface area (Å²) in [6, 6.07) is 17.7. The second-order valence-corrected chi connectivity index (χ2v) is 8.17. The van der Waals surface area contributed by atoms with Crippen molar-refractivity contribution in [2.24, 2.45) is 0 Å². The maximum Gasteiger partial charge on any atom is 0.417 e. The van der Waals surface area contributed by atoms with Gasteiger partial charge in [0, 0.05) is 31.4 Å². The van der Waals surface area contributed by atoms with Gasteiger partial charge in [0.15, 0.2) is 0 Å². The molecule has 2 N–H and O–H groups in total. The predicted molar refractivity (Wildman–Crippen MR) is 121 cm³/mol. The molecule has 3 aromatic rings. The number of nitrogens with one attached hydrogen (secondary N) is 1.